The van der Waals surface area contributed by atoms with Crippen LogP contribution in [0.4, 0.5) is 10.2 Å². The highest BCUT2D eigenvalue weighted by atomic mass is 19.1. The van der Waals surface area contributed by atoms with Crippen molar-refractivity contribution in [3.63, 3.8) is 0 Å². The molecule has 4 heterocycles. The number of pyridine rings is 2. The van der Waals surface area contributed by atoms with Crippen LogP contribution in [0, 0.1) is 5.82 Å². The molecule has 166 valence electrons. The molecule has 0 unspecified atom stereocenters. The number of nitrogens with zero attached hydrogens (tertiary/aromatic N) is 4. The van der Waals surface area contributed by atoms with Crippen molar-refractivity contribution in [2.75, 3.05) is 18.9 Å². The first-order chi connectivity index (χ1) is 16.1. The second kappa shape index (κ2) is 8.87. The molecule has 9 heteroatoms. The molecule has 0 saturated carbocycles. The number of benzene rings is 1. The summed E-state index contributed by atoms with van der Waals surface area (Å²) >= 11 is 0. The first-order valence-corrected chi connectivity index (χ1v) is 10.5. The van der Waals surface area contributed by atoms with E-state index < -0.39 is 5.82 Å². The second-order valence-electron chi connectivity index (χ2n) is 7.66. The predicted molar refractivity (Wildman–Crippen MR) is 121 cm³/mol. The number of ether oxygens (including phenoxy) is 1. The number of nitrogens with one attached hydrogen (secondary N) is 2. The molecule has 4 aromatic rings. The van der Waals surface area contributed by atoms with Gasteiger partial charge in [-0.15, -0.1) is 0 Å². The zero-order valence-electron chi connectivity index (χ0n) is 17.9. The number of amides is 1. The van der Waals surface area contributed by atoms with Crippen molar-refractivity contribution in [1.29, 1.82) is 0 Å². The van der Waals surface area contributed by atoms with Crippen molar-refractivity contribution in [2.45, 2.75) is 19.6 Å². The van der Waals surface area contributed by atoms with Crippen LogP contribution in [0.1, 0.15) is 27.2 Å². The van der Waals surface area contributed by atoms with E-state index in [2.05, 4.69) is 30.6 Å². The van der Waals surface area contributed by atoms with Gasteiger partial charge < -0.3 is 15.4 Å². The van der Waals surface area contributed by atoms with Crippen LogP contribution in [0.2, 0.25) is 0 Å². The van der Waals surface area contributed by atoms with E-state index in [1.165, 1.54) is 31.7 Å². The lowest BCUT2D eigenvalue weighted by Crippen LogP contribution is -2.18. The molecule has 8 nitrogen and oxygen atoms in total. The monoisotopic (exact) mass is 444 g/mol. The molecule has 2 N–H and O–H groups in total. The van der Waals surface area contributed by atoms with E-state index in [-0.39, 0.29) is 16.9 Å². The fourth-order valence-corrected chi connectivity index (χ4v) is 3.94. The van der Waals surface area contributed by atoms with Gasteiger partial charge in [0.2, 0.25) is 0 Å². The summed E-state index contributed by atoms with van der Waals surface area (Å²) in [5, 5.41) is 6.06. The van der Waals surface area contributed by atoms with Gasteiger partial charge in [-0.3, -0.25) is 14.8 Å². The van der Waals surface area contributed by atoms with Crippen molar-refractivity contribution in [3.8, 4) is 11.3 Å². The van der Waals surface area contributed by atoms with Crippen molar-refractivity contribution < 1.29 is 13.9 Å². The number of hydrogen-bond donors (Lipinski definition) is 2. The van der Waals surface area contributed by atoms with Gasteiger partial charge in [0.15, 0.2) is 0 Å². The van der Waals surface area contributed by atoms with E-state index in [1.54, 1.807) is 12.3 Å². The average molecular weight is 444 g/mol. The molecule has 5 rings (SSSR count). The maximum Gasteiger partial charge on any atom is 0.251 e. The molecule has 3 aromatic heterocycles. The third-order valence-electron chi connectivity index (χ3n) is 5.62. The van der Waals surface area contributed by atoms with Crippen molar-refractivity contribution in [1.82, 2.24) is 25.3 Å². The molecule has 33 heavy (non-hydrogen) atoms. The zero-order chi connectivity index (χ0) is 22.8. The highest BCUT2D eigenvalue weighted by Crippen LogP contribution is 2.26. The predicted octanol–water partition coefficient (Wildman–Crippen LogP) is 3.27. The van der Waals surface area contributed by atoms with E-state index in [9.17, 15) is 9.18 Å². The Labute approximate surface area is 189 Å². The van der Waals surface area contributed by atoms with Crippen LogP contribution in [0.3, 0.4) is 0 Å². The molecule has 0 radical (unpaired) electrons. The number of halogens is 1. The standard InChI is InChI=1S/C24H21FN6O2/c1-26-24(32)17-5-7-28-23-14(2-3-18(25)22(17)23)4-6-27-21-9-19(30-13-31-21)15-8-16-11-33-12-20(16)29-10-15/h2-3,5,7-10,13H,4,6,11-12H2,1H3,(H,26,32)(H,27,30,31). The Bertz CT molecular complexity index is 1360. The molecule has 1 aliphatic rings. The minimum atomic E-state index is -0.470. The van der Waals surface area contributed by atoms with E-state index in [0.29, 0.717) is 37.5 Å². The molecule has 1 aromatic carbocycles. The molecule has 0 aliphatic carbocycles. The largest absolute Gasteiger partial charge is 0.370 e. The Balaban J connectivity index is 1.34. The first kappa shape index (κ1) is 20.9. The van der Waals surface area contributed by atoms with Gasteiger partial charge in [-0.1, -0.05) is 6.07 Å². The summed E-state index contributed by atoms with van der Waals surface area (Å²) in [7, 11) is 1.52. The zero-order valence-corrected chi connectivity index (χ0v) is 17.9. The Morgan fingerprint density at radius 1 is 1.12 bits per heavy atom. The van der Waals surface area contributed by atoms with Crippen LogP contribution in [0.5, 0.6) is 0 Å². The van der Waals surface area contributed by atoms with Crippen LogP contribution in [-0.2, 0) is 24.4 Å². The number of rotatable bonds is 6. The summed E-state index contributed by atoms with van der Waals surface area (Å²) in [5.74, 6) is -0.151. The third kappa shape index (κ3) is 4.10. The Hall–Kier alpha value is -3.98. The van der Waals surface area contributed by atoms with Gasteiger partial charge in [-0.2, -0.15) is 0 Å². The molecular weight excluding hydrogens is 423 g/mol. The maximum atomic E-state index is 14.5. The van der Waals surface area contributed by atoms with Crippen LogP contribution >= 0.6 is 0 Å². The number of carbonyl (C=O) groups is 1. The molecular formula is C24H21FN6O2. The SMILES string of the molecule is CNC(=O)c1ccnc2c(CCNc3cc(-c4cnc5c(c4)COC5)ncn3)ccc(F)c12. The maximum absolute atomic E-state index is 14.5. The average Bonchev–Trinajstić information content (AvgIpc) is 3.33. The van der Waals surface area contributed by atoms with Crippen molar-refractivity contribution >= 4 is 22.6 Å². The topological polar surface area (TPSA) is 102 Å². The lowest BCUT2D eigenvalue weighted by molar-refractivity contribution is 0.0964. The first-order valence-electron chi connectivity index (χ1n) is 10.5. The van der Waals surface area contributed by atoms with Gasteiger partial charge in [-0.05, 0) is 30.2 Å². The lowest BCUT2D eigenvalue weighted by Gasteiger charge is -2.11. The summed E-state index contributed by atoms with van der Waals surface area (Å²) in [6.45, 7) is 1.65. The summed E-state index contributed by atoms with van der Waals surface area (Å²) in [6.07, 6.45) is 5.39. The highest BCUT2D eigenvalue weighted by molar-refractivity contribution is 6.06. The summed E-state index contributed by atoms with van der Waals surface area (Å²) in [5.41, 5.74) is 5.29. The highest BCUT2D eigenvalue weighted by Gasteiger charge is 2.16. The van der Waals surface area contributed by atoms with Gasteiger partial charge in [0.05, 0.1) is 35.7 Å². The minimum Gasteiger partial charge on any atom is -0.370 e. The number of anilines is 1. The van der Waals surface area contributed by atoms with Crippen LogP contribution in [-0.4, -0.2) is 39.4 Å². The summed E-state index contributed by atoms with van der Waals surface area (Å²) in [4.78, 5) is 29.6. The lowest BCUT2D eigenvalue weighted by atomic mass is 10.0. The number of fused-ring (bicyclic) bond motifs is 2. The summed E-state index contributed by atoms with van der Waals surface area (Å²) in [6, 6.07) is 8.50. The Morgan fingerprint density at radius 3 is 2.91 bits per heavy atom. The molecule has 1 aliphatic heterocycles. The smallest absolute Gasteiger partial charge is 0.251 e. The Kier molecular flexibility index (Phi) is 5.62. The van der Waals surface area contributed by atoms with E-state index >= 15 is 0 Å². The normalized spacial score (nSPS) is 12.5. The van der Waals surface area contributed by atoms with Gasteiger partial charge in [0.1, 0.15) is 18.0 Å². The summed E-state index contributed by atoms with van der Waals surface area (Å²) < 4.78 is 20.0. The van der Waals surface area contributed by atoms with Crippen molar-refractivity contribution in [2.24, 2.45) is 0 Å². The van der Waals surface area contributed by atoms with Gasteiger partial charge in [0.25, 0.3) is 5.91 Å². The third-order valence-corrected chi connectivity index (χ3v) is 5.62. The van der Waals surface area contributed by atoms with E-state index in [4.69, 9.17) is 4.74 Å². The van der Waals surface area contributed by atoms with Gasteiger partial charge in [0, 0.05) is 48.6 Å². The minimum absolute atomic E-state index is 0.228. The quantitative estimate of drug-likeness (QED) is 0.471. The fraction of sp³-hybridized carbons (Fsp3) is 0.208. The van der Waals surface area contributed by atoms with E-state index in [0.717, 1.165) is 28.1 Å². The van der Waals surface area contributed by atoms with Gasteiger partial charge >= 0.3 is 0 Å². The number of aromatic nitrogens is 4. The molecule has 0 bridgehead atoms. The fourth-order valence-electron chi connectivity index (χ4n) is 3.94. The second-order valence-corrected chi connectivity index (χ2v) is 7.66. The number of carbonyl (C=O) groups excluding carboxylic acids is 1. The van der Waals surface area contributed by atoms with Crippen LogP contribution in [0.15, 0.2) is 49.1 Å². The van der Waals surface area contributed by atoms with Gasteiger partial charge in [-0.25, -0.2) is 14.4 Å². The van der Waals surface area contributed by atoms with Crippen LogP contribution < -0.4 is 10.6 Å². The molecule has 0 spiro atoms. The number of hydrogen-bond acceptors (Lipinski definition) is 7. The molecule has 0 atom stereocenters. The Morgan fingerprint density at radius 2 is 2.03 bits per heavy atom. The molecule has 0 fully saturated rings. The molecule has 1 amide bonds. The van der Waals surface area contributed by atoms with Crippen LogP contribution in [0.25, 0.3) is 22.2 Å². The van der Waals surface area contributed by atoms with Crippen molar-refractivity contribution in [3.05, 3.63) is 77.3 Å². The molecule has 0 saturated heterocycles. The van der Waals surface area contributed by atoms with E-state index in [1.807, 2.05) is 12.1 Å².